The third-order valence-electron chi connectivity index (χ3n) is 4.03. The fourth-order valence-corrected chi connectivity index (χ4v) is 3.44. The number of nitriles is 1. The van der Waals surface area contributed by atoms with E-state index in [1.165, 1.54) is 0 Å². The van der Waals surface area contributed by atoms with E-state index in [9.17, 15) is 18.5 Å². The zero-order valence-corrected chi connectivity index (χ0v) is 15.8. The molecule has 0 saturated carbocycles. The molecule has 136 valence electrons. The summed E-state index contributed by atoms with van der Waals surface area (Å²) in [5, 5.41) is 12.0. The molecule has 2 aromatic carbocycles. The van der Waals surface area contributed by atoms with Gasteiger partial charge in [0.05, 0.1) is 17.5 Å². The van der Waals surface area contributed by atoms with Crippen molar-refractivity contribution in [3.63, 3.8) is 0 Å². The molecule has 6 nitrogen and oxygen atoms in total. The highest BCUT2D eigenvalue weighted by Crippen LogP contribution is 2.22. The summed E-state index contributed by atoms with van der Waals surface area (Å²) in [5.74, 6) is -0.295. The van der Waals surface area contributed by atoms with Crippen LogP contribution in [0.25, 0.3) is 0 Å². The molecule has 0 fully saturated rings. The Morgan fingerprint density at radius 2 is 1.85 bits per heavy atom. The fraction of sp³-hybridized carbons (Fsp3) is 0.263. The number of carbonyl (C=O) groups excluding carboxylic acids is 1. The lowest BCUT2D eigenvalue weighted by Gasteiger charge is -2.23. The van der Waals surface area contributed by atoms with E-state index in [0.717, 1.165) is 21.7 Å². The Morgan fingerprint density at radius 3 is 2.46 bits per heavy atom. The number of benzene rings is 2. The van der Waals surface area contributed by atoms with E-state index in [4.69, 9.17) is 0 Å². The number of aryl methyl sites for hydroxylation is 2. The largest absolute Gasteiger partial charge is 0.326 e. The maximum Gasteiger partial charge on any atom is 0.232 e. The average Bonchev–Trinajstić information content (AvgIpc) is 2.57. The van der Waals surface area contributed by atoms with Crippen molar-refractivity contribution in [1.82, 2.24) is 0 Å². The van der Waals surface area contributed by atoms with Gasteiger partial charge in [0.2, 0.25) is 15.9 Å². The molecule has 2 rings (SSSR count). The molecule has 7 heteroatoms. The number of nitrogens with zero attached hydrogens (tertiary/aromatic N) is 2. The van der Waals surface area contributed by atoms with Crippen LogP contribution in [0.15, 0.2) is 42.5 Å². The van der Waals surface area contributed by atoms with Crippen molar-refractivity contribution < 1.29 is 13.2 Å². The number of hydrogen-bond donors (Lipinski definition) is 1. The Hall–Kier alpha value is -2.85. The van der Waals surface area contributed by atoms with Crippen molar-refractivity contribution >= 4 is 27.3 Å². The first-order valence-corrected chi connectivity index (χ1v) is 9.91. The van der Waals surface area contributed by atoms with Gasteiger partial charge in [-0.1, -0.05) is 18.2 Å². The summed E-state index contributed by atoms with van der Waals surface area (Å²) in [6, 6.07) is 14.0. The lowest BCUT2D eigenvalue weighted by atomic mass is 10.1. The van der Waals surface area contributed by atoms with Gasteiger partial charge in [0.1, 0.15) is 6.07 Å². The molecular formula is C19H21N3O3S. The SMILES string of the molecule is Cc1ccc(NC(=O)CCN(c2ccccc2C#N)S(C)(=O)=O)cc1C. The summed E-state index contributed by atoms with van der Waals surface area (Å²) in [5.41, 5.74) is 3.37. The first-order chi connectivity index (χ1) is 12.2. The number of hydrogen-bond acceptors (Lipinski definition) is 4. The summed E-state index contributed by atoms with van der Waals surface area (Å²) >= 11 is 0. The smallest absolute Gasteiger partial charge is 0.232 e. The van der Waals surface area contributed by atoms with Crippen molar-refractivity contribution in [3.8, 4) is 6.07 Å². The molecule has 0 spiro atoms. The van der Waals surface area contributed by atoms with Crippen LogP contribution in [-0.4, -0.2) is 27.1 Å². The van der Waals surface area contributed by atoms with E-state index < -0.39 is 10.0 Å². The molecule has 0 bridgehead atoms. The number of rotatable bonds is 6. The topological polar surface area (TPSA) is 90.3 Å². The molecule has 0 atom stereocenters. The molecule has 26 heavy (non-hydrogen) atoms. The second-order valence-corrected chi connectivity index (χ2v) is 7.97. The molecule has 0 aliphatic rings. The van der Waals surface area contributed by atoms with Crippen molar-refractivity contribution in [2.75, 3.05) is 22.4 Å². The number of sulfonamides is 1. The first kappa shape index (κ1) is 19.5. The van der Waals surface area contributed by atoms with Crippen LogP contribution in [0, 0.1) is 25.2 Å². The van der Waals surface area contributed by atoms with Crippen LogP contribution in [0.5, 0.6) is 0 Å². The Balaban J connectivity index is 2.14. The van der Waals surface area contributed by atoms with E-state index in [0.29, 0.717) is 5.69 Å². The van der Waals surface area contributed by atoms with E-state index in [1.54, 1.807) is 30.3 Å². The van der Waals surface area contributed by atoms with Crippen LogP contribution in [0.3, 0.4) is 0 Å². The van der Waals surface area contributed by atoms with Crippen molar-refractivity contribution in [2.45, 2.75) is 20.3 Å². The Labute approximate surface area is 154 Å². The van der Waals surface area contributed by atoms with E-state index in [1.807, 2.05) is 32.0 Å². The van der Waals surface area contributed by atoms with Gasteiger partial charge in [-0.05, 0) is 49.2 Å². The molecule has 0 aliphatic heterocycles. The van der Waals surface area contributed by atoms with Crippen LogP contribution in [0.4, 0.5) is 11.4 Å². The number of para-hydroxylation sites is 1. The Morgan fingerprint density at radius 1 is 1.15 bits per heavy atom. The normalized spacial score (nSPS) is 10.8. The molecule has 0 aliphatic carbocycles. The minimum Gasteiger partial charge on any atom is -0.326 e. The maximum atomic E-state index is 12.2. The zero-order valence-electron chi connectivity index (χ0n) is 15.0. The molecule has 1 N–H and O–H groups in total. The van der Waals surface area contributed by atoms with Gasteiger partial charge in [-0.25, -0.2) is 8.42 Å². The number of nitrogens with one attached hydrogen (secondary N) is 1. The number of amides is 1. The molecule has 2 aromatic rings. The van der Waals surface area contributed by atoms with Crippen LogP contribution in [0.2, 0.25) is 0 Å². The van der Waals surface area contributed by atoms with Crippen LogP contribution in [0.1, 0.15) is 23.1 Å². The Bertz CT molecular complexity index is 962. The van der Waals surface area contributed by atoms with Gasteiger partial charge < -0.3 is 5.32 Å². The number of carbonyl (C=O) groups is 1. The molecular weight excluding hydrogens is 350 g/mol. The highest BCUT2D eigenvalue weighted by Gasteiger charge is 2.21. The average molecular weight is 371 g/mol. The third-order valence-corrected chi connectivity index (χ3v) is 5.21. The molecule has 0 aromatic heterocycles. The second kappa shape index (κ2) is 8.02. The lowest BCUT2D eigenvalue weighted by molar-refractivity contribution is -0.116. The summed E-state index contributed by atoms with van der Waals surface area (Å²) < 4.78 is 25.4. The quantitative estimate of drug-likeness (QED) is 0.845. The van der Waals surface area contributed by atoms with Gasteiger partial charge in [0.25, 0.3) is 0 Å². The van der Waals surface area contributed by atoms with Gasteiger partial charge in [-0.3, -0.25) is 9.10 Å². The monoisotopic (exact) mass is 371 g/mol. The molecule has 0 unspecified atom stereocenters. The molecule has 0 saturated heterocycles. The minimum atomic E-state index is -3.63. The van der Waals surface area contributed by atoms with E-state index in [2.05, 4.69) is 5.32 Å². The summed E-state index contributed by atoms with van der Waals surface area (Å²) in [4.78, 5) is 12.2. The summed E-state index contributed by atoms with van der Waals surface area (Å²) in [7, 11) is -3.63. The van der Waals surface area contributed by atoms with Crippen molar-refractivity contribution in [2.24, 2.45) is 0 Å². The predicted molar refractivity (Wildman–Crippen MR) is 103 cm³/mol. The van der Waals surface area contributed by atoms with Crippen LogP contribution in [-0.2, 0) is 14.8 Å². The van der Waals surface area contributed by atoms with Gasteiger partial charge in [0.15, 0.2) is 0 Å². The van der Waals surface area contributed by atoms with Gasteiger partial charge in [-0.15, -0.1) is 0 Å². The zero-order chi connectivity index (χ0) is 19.3. The van der Waals surface area contributed by atoms with Crippen molar-refractivity contribution in [3.05, 3.63) is 59.2 Å². The lowest BCUT2D eigenvalue weighted by Crippen LogP contribution is -2.33. The van der Waals surface area contributed by atoms with Crippen molar-refractivity contribution in [1.29, 1.82) is 5.26 Å². The second-order valence-electron chi connectivity index (χ2n) is 6.06. The highest BCUT2D eigenvalue weighted by molar-refractivity contribution is 7.92. The van der Waals surface area contributed by atoms with Crippen LogP contribution < -0.4 is 9.62 Å². The molecule has 0 radical (unpaired) electrons. The maximum absolute atomic E-state index is 12.2. The van der Waals surface area contributed by atoms with Gasteiger partial charge in [-0.2, -0.15) is 5.26 Å². The van der Waals surface area contributed by atoms with Gasteiger partial charge in [0, 0.05) is 18.7 Å². The number of anilines is 2. The highest BCUT2D eigenvalue weighted by atomic mass is 32.2. The molecule has 1 amide bonds. The predicted octanol–water partition coefficient (Wildman–Crippen LogP) is 2.97. The summed E-state index contributed by atoms with van der Waals surface area (Å²) in [6.07, 6.45) is 1.03. The minimum absolute atomic E-state index is 0.0280. The Kier molecular flexibility index (Phi) is 6.01. The van der Waals surface area contributed by atoms with Crippen LogP contribution >= 0.6 is 0 Å². The van der Waals surface area contributed by atoms with E-state index >= 15 is 0 Å². The third kappa shape index (κ3) is 4.83. The molecule has 0 heterocycles. The first-order valence-electron chi connectivity index (χ1n) is 8.06. The summed E-state index contributed by atoms with van der Waals surface area (Å²) in [6.45, 7) is 3.89. The standard InChI is InChI=1S/C19H21N3O3S/c1-14-8-9-17(12-15(14)2)21-19(23)10-11-22(26(3,24)25)18-7-5-4-6-16(18)13-20/h4-9,12H,10-11H2,1-3H3,(H,21,23). The van der Waals surface area contributed by atoms with E-state index in [-0.39, 0.29) is 30.1 Å². The fourth-order valence-electron chi connectivity index (χ4n) is 2.50. The van der Waals surface area contributed by atoms with Gasteiger partial charge >= 0.3 is 0 Å².